The minimum atomic E-state index is -0.443. The fourth-order valence-corrected chi connectivity index (χ4v) is 1.36. The Morgan fingerprint density at radius 1 is 1.25 bits per heavy atom. The standard InChI is InChI=1S/C12H13FO3/c1-8-5-9(7-10(13)6-8)11(14)3-4-12(15)16-2/h5-7H,3-4H2,1-2H3. The summed E-state index contributed by atoms with van der Waals surface area (Å²) in [7, 11) is 1.26. The molecule has 0 atom stereocenters. The second-order valence-electron chi connectivity index (χ2n) is 3.52. The maximum atomic E-state index is 13.0. The van der Waals surface area contributed by atoms with Gasteiger partial charge in [0.1, 0.15) is 5.82 Å². The number of carbonyl (C=O) groups is 2. The highest BCUT2D eigenvalue weighted by Gasteiger charge is 2.10. The number of ketones is 1. The molecule has 3 nitrogen and oxygen atoms in total. The molecule has 0 aliphatic rings. The number of benzene rings is 1. The topological polar surface area (TPSA) is 43.4 Å². The van der Waals surface area contributed by atoms with Crippen LogP contribution in [0, 0.1) is 12.7 Å². The highest BCUT2D eigenvalue weighted by molar-refractivity contribution is 5.97. The Hall–Kier alpha value is -1.71. The third-order valence-corrected chi connectivity index (χ3v) is 2.15. The molecule has 0 radical (unpaired) electrons. The van der Waals surface area contributed by atoms with Gasteiger partial charge in [0.25, 0.3) is 0 Å². The number of methoxy groups -OCH3 is 1. The van der Waals surface area contributed by atoms with Crippen LogP contribution >= 0.6 is 0 Å². The lowest BCUT2D eigenvalue weighted by atomic mass is 10.0. The molecule has 0 amide bonds. The molecule has 1 rings (SSSR count). The van der Waals surface area contributed by atoms with Crippen LogP contribution in [0.15, 0.2) is 18.2 Å². The molecule has 1 aromatic rings. The maximum Gasteiger partial charge on any atom is 0.305 e. The van der Waals surface area contributed by atoms with Gasteiger partial charge in [0, 0.05) is 12.0 Å². The summed E-state index contributed by atoms with van der Waals surface area (Å²) < 4.78 is 17.4. The van der Waals surface area contributed by atoms with Crippen LogP contribution in [0.1, 0.15) is 28.8 Å². The average Bonchev–Trinajstić information content (AvgIpc) is 2.23. The van der Waals surface area contributed by atoms with Crippen LogP contribution in [-0.4, -0.2) is 18.9 Å². The van der Waals surface area contributed by atoms with E-state index in [9.17, 15) is 14.0 Å². The van der Waals surface area contributed by atoms with E-state index in [-0.39, 0.29) is 18.6 Å². The van der Waals surface area contributed by atoms with Crippen LogP contribution in [0.25, 0.3) is 0 Å². The van der Waals surface area contributed by atoms with Gasteiger partial charge in [-0.15, -0.1) is 0 Å². The van der Waals surface area contributed by atoms with Crippen molar-refractivity contribution in [2.24, 2.45) is 0 Å². The Morgan fingerprint density at radius 3 is 2.50 bits per heavy atom. The summed E-state index contributed by atoms with van der Waals surface area (Å²) in [4.78, 5) is 22.4. The fraction of sp³-hybridized carbons (Fsp3) is 0.333. The van der Waals surface area contributed by atoms with Gasteiger partial charge in [-0.3, -0.25) is 9.59 Å². The number of hydrogen-bond donors (Lipinski definition) is 0. The molecule has 0 unspecified atom stereocenters. The molecule has 0 saturated carbocycles. The molecule has 4 heteroatoms. The van der Waals surface area contributed by atoms with Crippen molar-refractivity contribution in [2.45, 2.75) is 19.8 Å². The Labute approximate surface area is 93.2 Å². The van der Waals surface area contributed by atoms with Gasteiger partial charge in [-0.05, 0) is 30.7 Å². The Morgan fingerprint density at radius 2 is 1.94 bits per heavy atom. The van der Waals surface area contributed by atoms with Crippen molar-refractivity contribution < 1.29 is 18.7 Å². The molecule has 16 heavy (non-hydrogen) atoms. The van der Waals surface area contributed by atoms with Gasteiger partial charge < -0.3 is 4.74 Å². The number of hydrogen-bond acceptors (Lipinski definition) is 3. The van der Waals surface area contributed by atoms with Crippen molar-refractivity contribution in [1.29, 1.82) is 0 Å². The second kappa shape index (κ2) is 5.39. The van der Waals surface area contributed by atoms with Crippen LogP contribution in [0.5, 0.6) is 0 Å². The normalized spacial score (nSPS) is 9.94. The van der Waals surface area contributed by atoms with Crippen molar-refractivity contribution in [3.8, 4) is 0 Å². The average molecular weight is 224 g/mol. The summed E-state index contributed by atoms with van der Waals surface area (Å²) in [5.74, 6) is -1.14. The molecule has 0 aliphatic carbocycles. The first-order valence-electron chi connectivity index (χ1n) is 4.90. The van der Waals surface area contributed by atoms with Crippen LogP contribution in [0.2, 0.25) is 0 Å². The molecule has 0 fully saturated rings. The molecule has 0 spiro atoms. The maximum absolute atomic E-state index is 13.0. The summed E-state index contributed by atoms with van der Waals surface area (Å²) in [6.07, 6.45) is 0.0560. The number of aryl methyl sites for hydroxylation is 1. The number of rotatable bonds is 4. The molecule has 0 aliphatic heterocycles. The minimum absolute atomic E-state index is 0.0187. The highest BCUT2D eigenvalue weighted by atomic mass is 19.1. The molecular weight excluding hydrogens is 211 g/mol. The SMILES string of the molecule is COC(=O)CCC(=O)c1cc(C)cc(F)c1. The van der Waals surface area contributed by atoms with E-state index < -0.39 is 11.8 Å². The van der Waals surface area contributed by atoms with E-state index in [1.54, 1.807) is 13.0 Å². The molecule has 0 aromatic heterocycles. The minimum Gasteiger partial charge on any atom is -0.469 e. The summed E-state index contributed by atoms with van der Waals surface area (Å²) in [5.41, 5.74) is 0.975. The molecule has 0 bridgehead atoms. The molecule has 1 aromatic carbocycles. The van der Waals surface area contributed by atoms with Crippen molar-refractivity contribution >= 4 is 11.8 Å². The number of halogens is 1. The summed E-state index contributed by atoms with van der Waals surface area (Å²) >= 11 is 0. The van der Waals surface area contributed by atoms with Gasteiger partial charge in [0.15, 0.2) is 5.78 Å². The first-order chi connectivity index (χ1) is 7.52. The van der Waals surface area contributed by atoms with E-state index >= 15 is 0 Å². The van der Waals surface area contributed by atoms with E-state index in [1.165, 1.54) is 19.2 Å². The van der Waals surface area contributed by atoms with Gasteiger partial charge in [0.05, 0.1) is 13.5 Å². The van der Waals surface area contributed by atoms with E-state index in [0.29, 0.717) is 11.1 Å². The number of ether oxygens (including phenoxy) is 1. The largest absolute Gasteiger partial charge is 0.469 e. The zero-order valence-electron chi connectivity index (χ0n) is 9.25. The summed E-state index contributed by atoms with van der Waals surface area (Å²) in [6.45, 7) is 1.71. The number of carbonyl (C=O) groups excluding carboxylic acids is 2. The van der Waals surface area contributed by atoms with Crippen LogP contribution < -0.4 is 0 Å². The summed E-state index contributed by atoms with van der Waals surface area (Å²) in [6, 6.07) is 4.12. The first-order valence-corrected chi connectivity index (χ1v) is 4.90. The van der Waals surface area contributed by atoms with Gasteiger partial charge in [0.2, 0.25) is 0 Å². The van der Waals surface area contributed by atoms with Gasteiger partial charge in [-0.1, -0.05) is 0 Å². The van der Waals surface area contributed by atoms with Gasteiger partial charge >= 0.3 is 5.97 Å². The lowest BCUT2D eigenvalue weighted by Gasteiger charge is -2.02. The van der Waals surface area contributed by atoms with E-state index in [1.807, 2.05) is 0 Å². The van der Waals surface area contributed by atoms with E-state index in [0.717, 1.165) is 0 Å². The van der Waals surface area contributed by atoms with Crippen LogP contribution in [0.3, 0.4) is 0 Å². The predicted molar refractivity (Wildman–Crippen MR) is 56.7 cm³/mol. The molecule has 86 valence electrons. The lowest BCUT2D eigenvalue weighted by molar-refractivity contribution is -0.140. The monoisotopic (exact) mass is 224 g/mol. The fourth-order valence-electron chi connectivity index (χ4n) is 1.36. The highest BCUT2D eigenvalue weighted by Crippen LogP contribution is 2.11. The summed E-state index contributed by atoms with van der Waals surface area (Å²) in [5, 5.41) is 0. The number of esters is 1. The quantitative estimate of drug-likeness (QED) is 0.582. The van der Waals surface area contributed by atoms with Gasteiger partial charge in [-0.25, -0.2) is 4.39 Å². The zero-order chi connectivity index (χ0) is 12.1. The third kappa shape index (κ3) is 3.46. The van der Waals surface area contributed by atoms with Crippen molar-refractivity contribution in [2.75, 3.05) is 7.11 Å². The Balaban J connectivity index is 2.69. The predicted octanol–water partition coefficient (Wildman–Crippen LogP) is 2.27. The Kier molecular flexibility index (Phi) is 4.17. The molecule has 0 N–H and O–H groups in total. The van der Waals surface area contributed by atoms with Crippen LogP contribution in [0.4, 0.5) is 4.39 Å². The molecule has 0 heterocycles. The third-order valence-electron chi connectivity index (χ3n) is 2.15. The van der Waals surface area contributed by atoms with E-state index in [4.69, 9.17) is 0 Å². The smallest absolute Gasteiger partial charge is 0.305 e. The zero-order valence-corrected chi connectivity index (χ0v) is 9.25. The second-order valence-corrected chi connectivity index (χ2v) is 3.52. The van der Waals surface area contributed by atoms with Crippen molar-refractivity contribution in [3.05, 3.63) is 35.1 Å². The van der Waals surface area contributed by atoms with Crippen molar-refractivity contribution in [3.63, 3.8) is 0 Å². The van der Waals surface area contributed by atoms with Crippen molar-refractivity contribution in [1.82, 2.24) is 0 Å². The number of Topliss-reactive ketones (excluding diaryl/α,β-unsaturated/α-hetero) is 1. The lowest BCUT2D eigenvalue weighted by Crippen LogP contribution is -2.06. The Bertz CT molecular complexity index is 392. The van der Waals surface area contributed by atoms with Crippen LogP contribution in [-0.2, 0) is 9.53 Å². The first kappa shape index (κ1) is 12.4. The van der Waals surface area contributed by atoms with E-state index in [2.05, 4.69) is 4.74 Å². The van der Waals surface area contributed by atoms with Gasteiger partial charge in [-0.2, -0.15) is 0 Å². The molecular formula is C12H13FO3. The molecule has 0 saturated heterocycles.